The third-order valence-corrected chi connectivity index (χ3v) is 4.42. The Hall–Kier alpha value is -2.31. The van der Waals surface area contributed by atoms with Crippen molar-refractivity contribution in [2.45, 2.75) is 58.7 Å². The van der Waals surface area contributed by atoms with Crippen LogP contribution in [-0.2, 0) is 11.3 Å². The number of nitrogens with zero attached hydrogens (tertiary/aromatic N) is 4. The van der Waals surface area contributed by atoms with Crippen LogP contribution in [0.1, 0.15) is 46.4 Å². The largest absolute Gasteiger partial charge is 0.461 e. The molecule has 1 aliphatic rings. The molecule has 0 aliphatic carbocycles. The molecular formula is C20H32IN7O3. The van der Waals surface area contributed by atoms with Crippen molar-refractivity contribution in [1.82, 2.24) is 30.7 Å². The highest BCUT2D eigenvalue weighted by molar-refractivity contribution is 14.0. The Bertz CT molecular complexity index is 845. The number of furan rings is 1. The Balaban J connectivity index is 0.00000341. The standard InChI is InChI=1S/C20H31N7O3.HI/c1-5-21-18(22-12-16-24-17(26-25-16)15-9-7-11-29-15)23-14-8-6-10-27(13-14)19(28)30-20(2,3)4;/h7,9,11,14H,5-6,8,10,12-13H2,1-4H3,(H2,21,22,23)(H,24,25,26);1H. The van der Waals surface area contributed by atoms with E-state index in [0.717, 1.165) is 19.4 Å². The van der Waals surface area contributed by atoms with Gasteiger partial charge in [0.25, 0.3) is 0 Å². The van der Waals surface area contributed by atoms with E-state index in [4.69, 9.17) is 9.15 Å². The number of aromatic amines is 1. The van der Waals surface area contributed by atoms with E-state index in [0.29, 0.717) is 43.0 Å². The third-order valence-electron chi connectivity index (χ3n) is 4.42. The van der Waals surface area contributed by atoms with E-state index in [1.54, 1.807) is 23.3 Å². The van der Waals surface area contributed by atoms with Gasteiger partial charge < -0.3 is 24.7 Å². The Kier molecular flexibility index (Phi) is 9.14. The van der Waals surface area contributed by atoms with E-state index in [9.17, 15) is 4.79 Å². The molecule has 1 saturated heterocycles. The van der Waals surface area contributed by atoms with Crippen LogP contribution in [-0.4, -0.2) is 63.4 Å². The normalized spacial score (nSPS) is 17.1. The average Bonchev–Trinajstić information content (AvgIpc) is 3.37. The molecule has 10 nitrogen and oxygen atoms in total. The molecule has 1 amide bonds. The smallest absolute Gasteiger partial charge is 0.410 e. The zero-order valence-corrected chi connectivity index (χ0v) is 20.8. The van der Waals surface area contributed by atoms with Crippen LogP contribution in [0.3, 0.4) is 0 Å². The average molecular weight is 545 g/mol. The van der Waals surface area contributed by atoms with Gasteiger partial charge >= 0.3 is 6.09 Å². The molecule has 0 radical (unpaired) electrons. The second kappa shape index (κ2) is 11.3. The maximum absolute atomic E-state index is 12.4. The van der Waals surface area contributed by atoms with Crippen molar-refractivity contribution in [3.8, 4) is 11.6 Å². The molecule has 31 heavy (non-hydrogen) atoms. The number of H-pyrrole nitrogens is 1. The number of aliphatic imine (C=N–C) groups is 1. The van der Waals surface area contributed by atoms with Gasteiger partial charge in [0.2, 0.25) is 5.82 Å². The van der Waals surface area contributed by atoms with E-state index in [1.807, 2.05) is 27.7 Å². The predicted octanol–water partition coefficient (Wildman–Crippen LogP) is 3.14. The van der Waals surface area contributed by atoms with Crippen LogP contribution in [0.5, 0.6) is 0 Å². The van der Waals surface area contributed by atoms with Gasteiger partial charge in [0.05, 0.1) is 6.26 Å². The van der Waals surface area contributed by atoms with Crippen molar-refractivity contribution in [2.24, 2.45) is 4.99 Å². The molecule has 1 atom stereocenters. The molecule has 0 aromatic carbocycles. The molecule has 0 saturated carbocycles. The minimum Gasteiger partial charge on any atom is -0.461 e. The number of carbonyl (C=O) groups is 1. The summed E-state index contributed by atoms with van der Waals surface area (Å²) in [5.74, 6) is 2.42. The summed E-state index contributed by atoms with van der Waals surface area (Å²) in [7, 11) is 0. The van der Waals surface area contributed by atoms with Crippen molar-refractivity contribution in [2.75, 3.05) is 19.6 Å². The van der Waals surface area contributed by atoms with Crippen LogP contribution in [0.15, 0.2) is 27.8 Å². The molecule has 2 aromatic heterocycles. The van der Waals surface area contributed by atoms with Crippen LogP contribution in [0.25, 0.3) is 11.6 Å². The molecule has 172 valence electrons. The van der Waals surface area contributed by atoms with Crippen molar-refractivity contribution in [3.05, 3.63) is 24.2 Å². The summed E-state index contributed by atoms with van der Waals surface area (Å²) in [4.78, 5) is 23.1. The van der Waals surface area contributed by atoms with Gasteiger partial charge in [-0.3, -0.25) is 5.10 Å². The molecule has 3 heterocycles. The zero-order valence-electron chi connectivity index (χ0n) is 18.5. The van der Waals surface area contributed by atoms with Crippen LogP contribution in [0, 0.1) is 0 Å². The monoisotopic (exact) mass is 545 g/mol. The number of hydrogen-bond donors (Lipinski definition) is 3. The Morgan fingerprint density at radius 2 is 2.26 bits per heavy atom. The highest BCUT2D eigenvalue weighted by Crippen LogP contribution is 2.16. The minimum atomic E-state index is -0.501. The number of nitrogens with one attached hydrogen (secondary N) is 3. The number of halogens is 1. The van der Waals surface area contributed by atoms with Gasteiger partial charge in [-0.2, -0.15) is 0 Å². The topological polar surface area (TPSA) is 121 Å². The number of amides is 1. The number of piperidine rings is 1. The van der Waals surface area contributed by atoms with Gasteiger partial charge in [0, 0.05) is 25.7 Å². The van der Waals surface area contributed by atoms with Gasteiger partial charge in [0.1, 0.15) is 18.0 Å². The van der Waals surface area contributed by atoms with Crippen LogP contribution < -0.4 is 10.6 Å². The fraction of sp³-hybridized carbons (Fsp3) is 0.600. The Morgan fingerprint density at radius 1 is 1.45 bits per heavy atom. The maximum Gasteiger partial charge on any atom is 0.410 e. The minimum absolute atomic E-state index is 0. The van der Waals surface area contributed by atoms with Crippen LogP contribution in [0.4, 0.5) is 4.79 Å². The second-order valence-electron chi connectivity index (χ2n) is 8.19. The number of ether oxygens (including phenoxy) is 1. The summed E-state index contributed by atoms with van der Waals surface area (Å²) in [6.07, 6.45) is 3.17. The number of guanidine groups is 1. The summed E-state index contributed by atoms with van der Waals surface area (Å²) in [6.45, 7) is 9.98. The highest BCUT2D eigenvalue weighted by Gasteiger charge is 2.28. The number of likely N-dealkylation sites (tertiary alicyclic amines) is 1. The number of aromatic nitrogens is 3. The summed E-state index contributed by atoms with van der Waals surface area (Å²) in [6, 6.07) is 3.69. The third kappa shape index (κ3) is 7.71. The highest BCUT2D eigenvalue weighted by atomic mass is 127. The molecule has 1 fully saturated rings. The summed E-state index contributed by atoms with van der Waals surface area (Å²) < 4.78 is 10.8. The molecule has 3 N–H and O–H groups in total. The number of hydrogen-bond acceptors (Lipinski definition) is 6. The fourth-order valence-corrected chi connectivity index (χ4v) is 3.14. The second-order valence-corrected chi connectivity index (χ2v) is 8.19. The fourth-order valence-electron chi connectivity index (χ4n) is 3.14. The van der Waals surface area contributed by atoms with E-state index >= 15 is 0 Å². The molecule has 1 aliphatic heterocycles. The molecule has 0 spiro atoms. The summed E-state index contributed by atoms with van der Waals surface area (Å²) >= 11 is 0. The van der Waals surface area contributed by atoms with Gasteiger partial charge in [-0.05, 0) is 52.7 Å². The lowest BCUT2D eigenvalue weighted by atomic mass is 10.1. The molecule has 11 heteroatoms. The first-order chi connectivity index (χ1) is 14.3. The van der Waals surface area contributed by atoms with Gasteiger partial charge in [-0.15, -0.1) is 29.1 Å². The van der Waals surface area contributed by atoms with E-state index in [2.05, 4.69) is 30.8 Å². The van der Waals surface area contributed by atoms with E-state index in [-0.39, 0.29) is 36.1 Å². The number of rotatable bonds is 5. The first-order valence-corrected chi connectivity index (χ1v) is 10.3. The molecule has 1 unspecified atom stereocenters. The molecule has 2 aromatic rings. The van der Waals surface area contributed by atoms with Crippen molar-refractivity contribution >= 4 is 36.0 Å². The molecule has 3 rings (SSSR count). The van der Waals surface area contributed by atoms with Gasteiger partial charge in [0.15, 0.2) is 11.7 Å². The van der Waals surface area contributed by atoms with Gasteiger partial charge in [-0.25, -0.2) is 14.8 Å². The lowest BCUT2D eigenvalue weighted by molar-refractivity contribution is 0.0193. The SMILES string of the molecule is CCNC(=NCc1nc(-c2ccco2)n[nH]1)NC1CCCN(C(=O)OC(C)(C)C)C1.I. The first-order valence-electron chi connectivity index (χ1n) is 10.3. The molecular weight excluding hydrogens is 513 g/mol. The van der Waals surface area contributed by atoms with Crippen LogP contribution >= 0.6 is 24.0 Å². The predicted molar refractivity (Wildman–Crippen MR) is 128 cm³/mol. The lowest BCUT2D eigenvalue weighted by Crippen LogP contribution is -2.53. The summed E-state index contributed by atoms with van der Waals surface area (Å²) in [5.41, 5.74) is -0.501. The van der Waals surface area contributed by atoms with Crippen molar-refractivity contribution in [3.63, 3.8) is 0 Å². The van der Waals surface area contributed by atoms with Crippen molar-refractivity contribution in [1.29, 1.82) is 0 Å². The van der Waals surface area contributed by atoms with E-state index in [1.165, 1.54) is 0 Å². The van der Waals surface area contributed by atoms with Crippen molar-refractivity contribution < 1.29 is 13.9 Å². The first kappa shape index (κ1) is 25.0. The van der Waals surface area contributed by atoms with Crippen LogP contribution in [0.2, 0.25) is 0 Å². The summed E-state index contributed by atoms with van der Waals surface area (Å²) in [5, 5.41) is 13.7. The number of carbonyl (C=O) groups excluding carboxylic acids is 1. The molecule has 0 bridgehead atoms. The quantitative estimate of drug-likeness (QED) is 0.300. The van der Waals surface area contributed by atoms with E-state index < -0.39 is 5.60 Å². The Labute approximate surface area is 199 Å². The lowest BCUT2D eigenvalue weighted by Gasteiger charge is -2.35. The van der Waals surface area contributed by atoms with Gasteiger partial charge in [-0.1, -0.05) is 0 Å². The Morgan fingerprint density at radius 3 is 2.94 bits per heavy atom. The zero-order chi connectivity index (χ0) is 21.6. The maximum atomic E-state index is 12.4.